The molecule has 2 atom stereocenters. The molecule has 0 saturated heterocycles. The zero-order valence-electron chi connectivity index (χ0n) is 17.7. The first-order valence-electron chi connectivity index (χ1n) is 10.6. The third-order valence-electron chi connectivity index (χ3n) is 4.80. The normalized spacial score (nSPS) is 12.8. The molecule has 0 bridgehead atoms. The third kappa shape index (κ3) is 16.5. The van der Waals surface area contributed by atoms with E-state index in [4.69, 9.17) is 9.68 Å². The zero-order chi connectivity index (χ0) is 21.9. The Balaban J connectivity index is 4.38. The average molecular weight is 421 g/mol. The summed E-state index contributed by atoms with van der Waals surface area (Å²) in [7, 11) is 1.35. The van der Waals surface area contributed by atoms with Crippen molar-refractivity contribution in [3.05, 3.63) is 20.2 Å². The molecule has 0 aromatic carbocycles. The third-order valence-corrected chi connectivity index (χ3v) is 4.80. The maximum atomic E-state index is 11.0. The van der Waals surface area contributed by atoms with Gasteiger partial charge in [-0.15, -0.1) is 20.2 Å². The molecule has 0 aromatic rings. The van der Waals surface area contributed by atoms with Gasteiger partial charge in [0.25, 0.3) is 10.2 Å². The summed E-state index contributed by atoms with van der Waals surface area (Å²) in [5.41, 5.74) is 0. The van der Waals surface area contributed by atoms with Gasteiger partial charge in [-0.05, 0) is 19.3 Å². The van der Waals surface area contributed by atoms with Crippen LogP contribution in [0.2, 0.25) is 0 Å². The summed E-state index contributed by atoms with van der Waals surface area (Å²) in [6.45, 7) is 2.12. The van der Waals surface area contributed by atoms with Crippen molar-refractivity contribution in [2.75, 3.05) is 7.11 Å². The van der Waals surface area contributed by atoms with Gasteiger partial charge in [0, 0.05) is 6.42 Å². The van der Waals surface area contributed by atoms with Gasteiger partial charge < -0.3 is 14.4 Å². The highest BCUT2D eigenvalue weighted by molar-refractivity contribution is 5.68. The van der Waals surface area contributed by atoms with Gasteiger partial charge in [0.1, 0.15) is 12.2 Å². The molecule has 0 saturated carbocycles. The van der Waals surface area contributed by atoms with E-state index in [1.807, 2.05) is 0 Å². The predicted molar refractivity (Wildman–Crippen MR) is 106 cm³/mol. The van der Waals surface area contributed by atoms with Crippen molar-refractivity contribution in [1.82, 2.24) is 0 Å². The second kappa shape index (κ2) is 17.9. The van der Waals surface area contributed by atoms with Crippen LogP contribution in [0.3, 0.4) is 0 Å². The molecule has 0 radical (unpaired) electrons. The highest BCUT2D eigenvalue weighted by Crippen LogP contribution is 2.20. The molecule has 0 aromatic heterocycles. The molecule has 0 N–H and O–H groups in total. The zero-order valence-corrected chi connectivity index (χ0v) is 17.7. The van der Waals surface area contributed by atoms with Crippen molar-refractivity contribution >= 4 is 5.97 Å². The molecule has 0 aliphatic carbocycles. The van der Waals surface area contributed by atoms with Crippen LogP contribution in [0.5, 0.6) is 0 Å². The minimum absolute atomic E-state index is 0.237. The van der Waals surface area contributed by atoms with Crippen molar-refractivity contribution < 1.29 is 29.4 Å². The number of nitrogens with zero attached hydrogens (tertiary/aromatic N) is 2. The number of carbonyl (C=O) groups is 1. The fourth-order valence-corrected chi connectivity index (χ4v) is 3.21. The number of ether oxygens (including phenoxy) is 1. The Kier molecular flexibility index (Phi) is 16.6. The lowest BCUT2D eigenvalue weighted by Crippen LogP contribution is -2.35. The minimum atomic E-state index is -0.957. The second-order valence-corrected chi connectivity index (χ2v) is 7.17. The lowest BCUT2D eigenvalue weighted by Gasteiger charge is -2.23. The number of esters is 1. The number of hydrogen-bond acceptors (Lipinski definition) is 8. The van der Waals surface area contributed by atoms with Crippen molar-refractivity contribution in [2.45, 2.75) is 109 Å². The van der Waals surface area contributed by atoms with E-state index in [2.05, 4.69) is 11.7 Å². The fourth-order valence-electron chi connectivity index (χ4n) is 3.21. The van der Waals surface area contributed by atoms with Crippen LogP contribution in [0, 0.1) is 20.2 Å². The van der Waals surface area contributed by atoms with Gasteiger partial charge in [-0.25, -0.2) is 0 Å². The molecular formula is C19H36N2O8. The quantitative estimate of drug-likeness (QED) is 0.119. The molecule has 0 heterocycles. The summed E-state index contributed by atoms with van der Waals surface area (Å²) in [5, 5.41) is 19.8. The highest BCUT2D eigenvalue weighted by Gasteiger charge is 2.27. The van der Waals surface area contributed by atoms with E-state index in [0.29, 0.717) is 32.1 Å². The van der Waals surface area contributed by atoms with Gasteiger partial charge >= 0.3 is 5.97 Å². The topological polar surface area (TPSA) is 131 Å². The van der Waals surface area contributed by atoms with E-state index in [9.17, 15) is 25.0 Å². The molecule has 0 fully saturated rings. The lowest BCUT2D eigenvalue weighted by atomic mass is 9.99. The Labute approximate surface area is 172 Å². The number of rotatable bonds is 20. The molecule has 0 amide bonds. The minimum Gasteiger partial charge on any atom is -0.469 e. The summed E-state index contributed by atoms with van der Waals surface area (Å²) in [6, 6.07) is 0. The van der Waals surface area contributed by atoms with Crippen LogP contribution in [0.4, 0.5) is 0 Å². The summed E-state index contributed by atoms with van der Waals surface area (Å²) >= 11 is 0. The highest BCUT2D eigenvalue weighted by atomic mass is 17.0. The van der Waals surface area contributed by atoms with Gasteiger partial charge in [-0.3, -0.25) is 4.79 Å². The van der Waals surface area contributed by atoms with Gasteiger partial charge in [0.05, 0.1) is 7.11 Å². The Morgan fingerprint density at radius 2 is 1.17 bits per heavy atom. The molecule has 0 rings (SSSR count). The van der Waals surface area contributed by atoms with E-state index < -0.39 is 22.4 Å². The Morgan fingerprint density at radius 1 is 0.759 bits per heavy atom. The fraction of sp³-hybridized carbons (Fsp3) is 0.947. The van der Waals surface area contributed by atoms with E-state index in [1.165, 1.54) is 7.11 Å². The Hall–Kier alpha value is -2.13. The standard InChI is InChI=1S/C19H36N2O8/c1-3-4-5-6-8-11-14-17(28-20(23)24)18(29-21(25)26)15-12-9-7-10-13-16-19(22)27-2/h17-18H,3-16H2,1-2H3/t17?,18-/m1/s1. The molecule has 170 valence electrons. The van der Waals surface area contributed by atoms with Crippen molar-refractivity contribution in [2.24, 2.45) is 0 Å². The number of methoxy groups -OCH3 is 1. The summed E-state index contributed by atoms with van der Waals surface area (Å²) in [6.07, 6.45) is 9.04. The molecule has 0 spiro atoms. The smallest absolute Gasteiger partial charge is 0.305 e. The predicted octanol–water partition coefficient (Wildman–Crippen LogP) is 4.79. The Morgan fingerprint density at radius 3 is 1.59 bits per heavy atom. The molecular weight excluding hydrogens is 384 g/mol. The van der Waals surface area contributed by atoms with E-state index in [1.54, 1.807) is 0 Å². The van der Waals surface area contributed by atoms with Crippen LogP contribution in [0.1, 0.15) is 96.8 Å². The van der Waals surface area contributed by atoms with Gasteiger partial charge in [-0.2, -0.15) is 0 Å². The Bertz CT molecular complexity index is 461. The lowest BCUT2D eigenvalue weighted by molar-refractivity contribution is -0.799. The average Bonchev–Trinajstić information content (AvgIpc) is 2.67. The molecule has 29 heavy (non-hydrogen) atoms. The van der Waals surface area contributed by atoms with Crippen molar-refractivity contribution in [3.63, 3.8) is 0 Å². The SMILES string of the molecule is CCCCCCCCC(O[N+](=O)[O-])[C@@H](CCCCCCCC(=O)OC)O[N+](=O)[O-]. The first-order valence-corrected chi connectivity index (χ1v) is 10.6. The molecule has 10 heteroatoms. The first kappa shape index (κ1) is 26.9. The van der Waals surface area contributed by atoms with Crippen LogP contribution >= 0.6 is 0 Å². The van der Waals surface area contributed by atoms with E-state index in [-0.39, 0.29) is 5.97 Å². The molecule has 1 unspecified atom stereocenters. The van der Waals surface area contributed by atoms with E-state index >= 15 is 0 Å². The summed E-state index contributed by atoms with van der Waals surface area (Å²) in [4.78, 5) is 42.1. The van der Waals surface area contributed by atoms with Crippen LogP contribution < -0.4 is 0 Å². The van der Waals surface area contributed by atoms with Gasteiger partial charge in [0.2, 0.25) is 0 Å². The van der Waals surface area contributed by atoms with Crippen LogP contribution in [0.25, 0.3) is 0 Å². The second-order valence-electron chi connectivity index (χ2n) is 7.17. The van der Waals surface area contributed by atoms with E-state index in [0.717, 1.165) is 57.8 Å². The number of hydrogen-bond donors (Lipinski definition) is 0. The molecule has 0 aliphatic rings. The maximum absolute atomic E-state index is 11.0. The monoisotopic (exact) mass is 420 g/mol. The maximum Gasteiger partial charge on any atom is 0.305 e. The summed E-state index contributed by atoms with van der Waals surface area (Å²) in [5.74, 6) is -0.237. The van der Waals surface area contributed by atoms with Gasteiger partial charge in [-0.1, -0.05) is 71.1 Å². The molecule has 0 aliphatic heterocycles. The largest absolute Gasteiger partial charge is 0.469 e. The van der Waals surface area contributed by atoms with Crippen LogP contribution in [-0.2, 0) is 19.2 Å². The summed E-state index contributed by atoms with van der Waals surface area (Å²) < 4.78 is 4.58. The molecule has 10 nitrogen and oxygen atoms in total. The van der Waals surface area contributed by atoms with Crippen molar-refractivity contribution in [1.29, 1.82) is 0 Å². The number of carbonyl (C=O) groups excluding carboxylic acids is 1. The van der Waals surface area contributed by atoms with Gasteiger partial charge in [0.15, 0.2) is 0 Å². The van der Waals surface area contributed by atoms with Crippen molar-refractivity contribution in [3.8, 4) is 0 Å². The number of unbranched alkanes of at least 4 members (excludes halogenated alkanes) is 9. The first-order chi connectivity index (χ1) is 13.9. The van der Waals surface area contributed by atoms with Crippen LogP contribution in [0.15, 0.2) is 0 Å². The van der Waals surface area contributed by atoms with Crippen LogP contribution in [-0.4, -0.2) is 35.5 Å².